The first-order valence-electron chi connectivity index (χ1n) is 6.37. The van der Waals surface area contributed by atoms with Gasteiger partial charge < -0.3 is 15.0 Å². The average molecular weight is 261 g/mol. The normalized spacial score (nSPS) is 12.4. The Morgan fingerprint density at radius 3 is 2.89 bits per heavy atom. The lowest BCUT2D eigenvalue weighted by Gasteiger charge is -2.05. The van der Waals surface area contributed by atoms with Crippen LogP contribution in [0.3, 0.4) is 0 Å². The minimum atomic E-state index is 0.0493. The van der Waals surface area contributed by atoms with Crippen molar-refractivity contribution < 1.29 is 9.26 Å². The fraction of sp³-hybridized carbons (Fsp3) is 0.429. The molecule has 1 aromatic heterocycles. The Bertz CT molecular complexity index is 551. The van der Waals surface area contributed by atoms with Gasteiger partial charge in [-0.15, -0.1) is 0 Å². The SMILES string of the molecule is CCC(N)Cc1nc(-c2ccc(C)cc2OC)no1. The van der Waals surface area contributed by atoms with Gasteiger partial charge in [0.15, 0.2) is 0 Å². The van der Waals surface area contributed by atoms with Crippen LogP contribution in [0.2, 0.25) is 0 Å². The molecule has 19 heavy (non-hydrogen) atoms. The van der Waals surface area contributed by atoms with Gasteiger partial charge in [0.05, 0.1) is 12.7 Å². The van der Waals surface area contributed by atoms with Crippen LogP contribution in [0.5, 0.6) is 5.75 Å². The maximum atomic E-state index is 5.88. The number of ether oxygens (including phenoxy) is 1. The molecule has 2 N–H and O–H groups in total. The van der Waals surface area contributed by atoms with Gasteiger partial charge >= 0.3 is 0 Å². The minimum absolute atomic E-state index is 0.0493. The van der Waals surface area contributed by atoms with Crippen molar-refractivity contribution in [2.24, 2.45) is 5.73 Å². The first kappa shape index (κ1) is 13.5. The Kier molecular flexibility index (Phi) is 4.16. The molecule has 5 heteroatoms. The Balaban J connectivity index is 2.27. The van der Waals surface area contributed by atoms with Crippen molar-refractivity contribution in [2.45, 2.75) is 32.7 Å². The average Bonchev–Trinajstić information content (AvgIpc) is 2.86. The quantitative estimate of drug-likeness (QED) is 0.894. The summed E-state index contributed by atoms with van der Waals surface area (Å²) < 4.78 is 10.6. The second-order valence-electron chi connectivity index (χ2n) is 4.59. The van der Waals surface area contributed by atoms with Crippen LogP contribution in [0, 0.1) is 6.92 Å². The summed E-state index contributed by atoms with van der Waals surface area (Å²) in [5.41, 5.74) is 7.83. The highest BCUT2D eigenvalue weighted by molar-refractivity contribution is 5.64. The number of nitrogens with zero attached hydrogens (tertiary/aromatic N) is 2. The molecular formula is C14H19N3O2. The molecule has 0 fully saturated rings. The van der Waals surface area contributed by atoms with Gasteiger partial charge in [-0.2, -0.15) is 4.98 Å². The van der Waals surface area contributed by atoms with E-state index < -0.39 is 0 Å². The molecule has 5 nitrogen and oxygen atoms in total. The van der Waals surface area contributed by atoms with Crippen LogP contribution < -0.4 is 10.5 Å². The molecule has 1 atom stereocenters. The van der Waals surface area contributed by atoms with Crippen molar-refractivity contribution in [3.8, 4) is 17.1 Å². The fourth-order valence-corrected chi connectivity index (χ4v) is 1.80. The summed E-state index contributed by atoms with van der Waals surface area (Å²) in [6.45, 7) is 4.04. The van der Waals surface area contributed by atoms with Gasteiger partial charge in [0, 0.05) is 12.5 Å². The van der Waals surface area contributed by atoms with Crippen LogP contribution in [-0.2, 0) is 6.42 Å². The van der Waals surface area contributed by atoms with Crippen molar-refractivity contribution in [1.29, 1.82) is 0 Å². The topological polar surface area (TPSA) is 74.2 Å². The maximum absolute atomic E-state index is 5.88. The smallest absolute Gasteiger partial charge is 0.228 e. The number of nitrogens with two attached hydrogens (primary N) is 1. The third kappa shape index (κ3) is 3.12. The van der Waals surface area contributed by atoms with Crippen LogP contribution >= 0.6 is 0 Å². The van der Waals surface area contributed by atoms with Gasteiger partial charge in [-0.3, -0.25) is 0 Å². The zero-order valence-electron chi connectivity index (χ0n) is 11.5. The van der Waals surface area contributed by atoms with Crippen molar-refractivity contribution in [3.63, 3.8) is 0 Å². The van der Waals surface area contributed by atoms with Gasteiger partial charge in [0.2, 0.25) is 11.7 Å². The molecule has 0 bridgehead atoms. The molecule has 0 spiro atoms. The first-order valence-corrected chi connectivity index (χ1v) is 6.37. The van der Waals surface area contributed by atoms with Gasteiger partial charge in [0.1, 0.15) is 5.75 Å². The summed E-state index contributed by atoms with van der Waals surface area (Å²) in [5.74, 6) is 1.84. The Morgan fingerprint density at radius 2 is 2.21 bits per heavy atom. The van der Waals surface area contributed by atoms with E-state index in [9.17, 15) is 0 Å². The zero-order valence-corrected chi connectivity index (χ0v) is 11.5. The van der Waals surface area contributed by atoms with Gasteiger partial charge in [-0.1, -0.05) is 18.1 Å². The molecule has 0 radical (unpaired) electrons. The molecule has 1 unspecified atom stereocenters. The second kappa shape index (κ2) is 5.84. The van der Waals surface area contributed by atoms with Gasteiger partial charge in [0.25, 0.3) is 0 Å². The van der Waals surface area contributed by atoms with Crippen molar-refractivity contribution in [3.05, 3.63) is 29.7 Å². The van der Waals surface area contributed by atoms with E-state index in [-0.39, 0.29) is 6.04 Å². The molecule has 0 saturated carbocycles. The van der Waals surface area contributed by atoms with Crippen LogP contribution in [0.15, 0.2) is 22.7 Å². The molecule has 0 saturated heterocycles. The fourth-order valence-electron chi connectivity index (χ4n) is 1.80. The molecule has 0 aliphatic heterocycles. The molecule has 1 aromatic carbocycles. The highest BCUT2D eigenvalue weighted by Crippen LogP contribution is 2.28. The van der Waals surface area contributed by atoms with Gasteiger partial charge in [-0.05, 0) is 31.0 Å². The lowest BCUT2D eigenvalue weighted by Crippen LogP contribution is -2.21. The van der Waals surface area contributed by atoms with Crippen molar-refractivity contribution >= 4 is 0 Å². The van der Waals surface area contributed by atoms with E-state index in [1.54, 1.807) is 7.11 Å². The summed E-state index contributed by atoms with van der Waals surface area (Å²) in [6.07, 6.45) is 1.48. The van der Waals surface area contributed by atoms with E-state index in [1.807, 2.05) is 32.0 Å². The molecule has 0 aliphatic carbocycles. The predicted molar refractivity (Wildman–Crippen MR) is 73.0 cm³/mol. The van der Waals surface area contributed by atoms with Crippen LogP contribution in [0.4, 0.5) is 0 Å². The Labute approximate surface area is 112 Å². The zero-order chi connectivity index (χ0) is 13.8. The highest BCUT2D eigenvalue weighted by atomic mass is 16.5. The molecular weight excluding hydrogens is 242 g/mol. The van der Waals surface area contributed by atoms with Gasteiger partial charge in [-0.25, -0.2) is 0 Å². The number of aryl methyl sites for hydroxylation is 1. The molecule has 2 rings (SSSR count). The Hall–Kier alpha value is -1.88. The third-order valence-electron chi connectivity index (χ3n) is 3.03. The second-order valence-corrected chi connectivity index (χ2v) is 4.59. The van der Waals surface area contributed by atoms with E-state index in [0.717, 1.165) is 23.3 Å². The van der Waals surface area contributed by atoms with E-state index >= 15 is 0 Å². The van der Waals surface area contributed by atoms with Crippen molar-refractivity contribution in [1.82, 2.24) is 10.1 Å². The number of aromatic nitrogens is 2. The van der Waals surface area contributed by atoms with E-state index in [0.29, 0.717) is 18.1 Å². The number of hydrogen-bond acceptors (Lipinski definition) is 5. The number of benzene rings is 1. The lowest BCUT2D eigenvalue weighted by atomic mass is 10.1. The predicted octanol–water partition coefficient (Wildman–Crippen LogP) is 2.33. The molecule has 0 aliphatic rings. The number of hydrogen-bond donors (Lipinski definition) is 1. The third-order valence-corrected chi connectivity index (χ3v) is 3.03. The highest BCUT2D eigenvalue weighted by Gasteiger charge is 2.14. The summed E-state index contributed by atoms with van der Waals surface area (Å²) in [5, 5.41) is 3.99. The number of methoxy groups -OCH3 is 1. The minimum Gasteiger partial charge on any atom is -0.496 e. The van der Waals surface area contributed by atoms with Crippen LogP contribution in [-0.4, -0.2) is 23.3 Å². The van der Waals surface area contributed by atoms with Crippen LogP contribution in [0.1, 0.15) is 24.8 Å². The largest absolute Gasteiger partial charge is 0.496 e. The standard InChI is InChI=1S/C14H19N3O2/c1-4-10(15)8-13-16-14(17-19-13)11-6-5-9(2)7-12(11)18-3/h5-7,10H,4,8,15H2,1-3H3. The van der Waals surface area contributed by atoms with Crippen molar-refractivity contribution in [2.75, 3.05) is 7.11 Å². The summed E-state index contributed by atoms with van der Waals surface area (Å²) in [6, 6.07) is 5.92. The van der Waals surface area contributed by atoms with Crippen LogP contribution in [0.25, 0.3) is 11.4 Å². The molecule has 2 aromatic rings. The Morgan fingerprint density at radius 1 is 1.42 bits per heavy atom. The van der Waals surface area contributed by atoms with E-state index in [2.05, 4.69) is 10.1 Å². The molecule has 102 valence electrons. The maximum Gasteiger partial charge on any atom is 0.228 e. The summed E-state index contributed by atoms with van der Waals surface area (Å²) >= 11 is 0. The molecule has 1 heterocycles. The number of rotatable bonds is 5. The van der Waals surface area contributed by atoms with E-state index in [1.165, 1.54) is 0 Å². The molecule has 0 amide bonds. The summed E-state index contributed by atoms with van der Waals surface area (Å²) in [7, 11) is 1.63. The monoisotopic (exact) mass is 261 g/mol. The first-order chi connectivity index (χ1) is 9.13. The van der Waals surface area contributed by atoms with E-state index in [4.69, 9.17) is 15.0 Å². The summed E-state index contributed by atoms with van der Waals surface area (Å²) in [4.78, 5) is 4.37. The lowest BCUT2D eigenvalue weighted by molar-refractivity contribution is 0.367.